The molecule has 0 spiro atoms. The second kappa shape index (κ2) is 6.76. The van der Waals surface area contributed by atoms with Gasteiger partial charge in [-0.25, -0.2) is 0 Å². The molecule has 2 rings (SSSR count). The molecule has 1 atom stereocenters. The predicted octanol–water partition coefficient (Wildman–Crippen LogP) is 3.71. The molecule has 18 heavy (non-hydrogen) atoms. The van der Waals surface area contributed by atoms with Crippen LogP contribution in [0.3, 0.4) is 0 Å². The number of hydrogen-bond donors (Lipinski definition) is 1. The highest BCUT2D eigenvalue weighted by Gasteiger charge is 2.19. The van der Waals surface area contributed by atoms with Gasteiger partial charge in [0.1, 0.15) is 0 Å². The van der Waals surface area contributed by atoms with Crippen LogP contribution >= 0.6 is 23.2 Å². The van der Waals surface area contributed by atoms with E-state index in [1.165, 1.54) is 0 Å². The Morgan fingerprint density at radius 3 is 2.44 bits per heavy atom. The quantitative estimate of drug-likeness (QED) is 0.915. The zero-order valence-corrected chi connectivity index (χ0v) is 11.8. The Bertz CT molecular complexity index is 369. The van der Waals surface area contributed by atoms with Gasteiger partial charge < -0.3 is 9.84 Å². The number of halogens is 2. The third-order valence-electron chi connectivity index (χ3n) is 3.45. The predicted molar refractivity (Wildman–Crippen MR) is 74.3 cm³/mol. The van der Waals surface area contributed by atoms with Gasteiger partial charge >= 0.3 is 0 Å². The van der Waals surface area contributed by atoms with Gasteiger partial charge in [-0.2, -0.15) is 0 Å². The molecule has 0 bridgehead atoms. The lowest BCUT2D eigenvalue weighted by Gasteiger charge is -2.24. The molecule has 1 saturated heterocycles. The Hall–Kier alpha value is -0.280. The monoisotopic (exact) mass is 288 g/mol. The van der Waals surface area contributed by atoms with Crippen LogP contribution in [0, 0.1) is 5.92 Å². The Kier molecular flexibility index (Phi) is 5.31. The fraction of sp³-hybridized carbons (Fsp3) is 0.571. The van der Waals surface area contributed by atoms with Crippen molar-refractivity contribution >= 4 is 23.2 Å². The van der Waals surface area contributed by atoms with E-state index in [1.807, 2.05) is 18.2 Å². The van der Waals surface area contributed by atoms with Crippen molar-refractivity contribution in [2.45, 2.75) is 31.8 Å². The van der Waals surface area contributed by atoms with Crippen molar-refractivity contribution in [1.82, 2.24) is 0 Å². The zero-order chi connectivity index (χ0) is 13.0. The van der Waals surface area contributed by atoms with E-state index in [9.17, 15) is 5.11 Å². The molecule has 0 saturated carbocycles. The molecule has 2 nitrogen and oxygen atoms in total. The maximum absolute atomic E-state index is 10.1. The van der Waals surface area contributed by atoms with Crippen molar-refractivity contribution in [2.75, 3.05) is 13.2 Å². The van der Waals surface area contributed by atoms with Crippen LogP contribution in [0.4, 0.5) is 0 Å². The van der Waals surface area contributed by atoms with Crippen LogP contribution in [0.2, 0.25) is 10.0 Å². The van der Waals surface area contributed by atoms with E-state index in [0.717, 1.165) is 38.0 Å². The molecule has 1 aromatic carbocycles. The summed E-state index contributed by atoms with van der Waals surface area (Å²) >= 11 is 12.2. The number of rotatable bonds is 4. The molecule has 0 aliphatic carbocycles. The van der Waals surface area contributed by atoms with Crippen LogP contribution < -0.4 is 0 Å². The number of aliphatic hydroxyl groups excluding tert-OH is 1. The van der Waals surface area contributed by atoms with Crippen LogP contribution in [0.5, 0.6) is 0 Å². The first-order valence-corrected chi connectivity index (χ1v) is 7.11. The lowest BCUT2D eigenvalue weighted by Crippen LogP contribution is -2.22. The van der Waals surface area contributed by atoms with Gasteiger partial charge in [-0.15, -0.1) is 0 Å². The van der Waals surface area contributed by atoms with Gasteiger partial charge in [-0.05, 0) is 42.9 Å². The van der Waals surface area contributed by atoms with Crippen LogP contribution in [0.1, 0.15) is 24.8 Å². The van der Waals surface area contributed by atoms with Gasteiger partial charge in [0.25, 0.3) is 0 Å². The lowest BCUT2D eigenvalue weighted by molar-refractivity contribution is 0.0439. The smallest absolute Gasteiger partial charge is 0.0584 e. The first kappa shape index (κ1) is 14.1. The molecule has 0 aromatic heterocycles. The molecule has 4 heteroatoms. The second-order valence-electron chi connectivity index (χ2n) is 4.85. The third-order valence-corrected chi connectivity index (χ3v) is 4.16. The zero-order valence-electron chi connectivity index (χ0n) is 10.2. The van der Waals surface area contributed by atoms with E-state index in [4.69, 9.17) is 27.9 Å². The van der Waals surface area contributed by atoms with Gasteiger partial charge in [-0.1, -0.05) is 29.3 Å². The molecular formula is C14H18Cl2O2. The topological polar surface area (TPSA) is 29.5 Å². The van der Waals surface area contributed by atoms with Crippen molar-refractivity contribution in [1.29, 1.82) is 0 Å². The number of aliphatic hydroxyl groups is 1. The fourth-order valence-corrected chi connectivity index (χ4v) is 2.96. The van der Waals surface area contributed by atoms with Crippen molar-refractivity contribution in [3.05, 3.63) is 33.8 Å². The van der Waals surface area contributed by atoms with E-state index in [2.05, 4.69) is 0 Å². The summed E-state index contributed by atoms with van der Waals surface area (Å²) in [6.07, 6.45) is 3.01. The van der Waals surface area contributed by atoms with E-state index in [0.29, 0.717) is 22.4 Å². The van der Waals surface area contributed by atoms with Crippen LogP contribution in [-0.2, 0) is 11.2 Å². The van der Waals surface area contributed by atoms with Crippen LogP contribution in [0.15, 0.2) is 18.2 Å². The van der Waals surface area contributed by atoms with Crippen molar-refractivity contribution in [2.24, 2.45) is 5.92 Å². The molecule has 1 aliphatic heterocycles. The molecule has 1 N–H and O–H groups in total. The van der Waals surface area contributed by atoms with Gasteiger partial charge in [-0.3, -0.25) is 0 Å². The van der Waals surface area contributed by atoms with Crippen molar-refractivity contribution in [3.63, 3.8) is 0 Å². The summed E-state index contributed by atoms with van der Waals surface area (Å²) in [5.41, 5.74) is 0.848. The number of benzene rings is 1. The lowest BCUT2D eigenvalue weighted by atomic mass is 9.91. The summed E-state index contributed by atoms with van der Waals surface area (Å²) < 4.78 is 5.31. The van der Waals surface area contributed by atoms with Gasteiger partial charge in [0.2, 0.25) is 0 Å². The molecule has 1 unspecified atom stereocenters. The summed E-state index contributed by atoms with van der Waals surface area (Å²) in [6, 6.07) is 5.44. The van der Waals surface area contributed by atoms with Crippen molar-refractivity contribution < 1.29 is 9.84 Å². The molecule has 0 amide bonds. The summed E-state index contributed by atoms with van der Waals surface area (Å²) in [5, 5.41) is 11.4. The van der Waals surface area contributed by atoms with E-state index in [1.54, 1.807) is 0 Å². The van der Waals surface area contributed by atoms with E-state index < -0.39 is 0 Å². The maximum Gasteiger partial charge on any atom is 0.0584 e. The average Bonchev–Trinajstić information content (AvgIpc) is 2.35. The normalized spacial score (nSPS) is 18.8. The summed E-state index contributed by atoms with van der Waals surface area (Å²) in [4.78, 5) is 0. The average molecular weight is 289 g/mol. The maximum atomic E-state index is 10.1. The fourth-order valence-electron chi connectivity index (χ4n) is 2.41. The summed E-state index contributed by atoms with van der Waals surface area (Å²) in [6.45, 7) is 1.62. The molecule has 1 heterocycles. The summed E-state index contributed by atoms with van der Waals surface area (Å²) in [7, 11) is 0. The molecular weight excluding hydrogens is 271 g/mol. The largest absolute Gasteiger partial charge is 0.393 e. The van der Waals surface area contributed by atoms with Gasteiger partial charge in [0, 0.05) is 29.7 Å². The van der Waals surface area contributed by atoms with Gasteiger partial charge in [0.15, 0.2) is 0 Å². The molecule has 1 aliphatic rings. The Balaban J connectivity index is 1.92. The van der Waals surface area contributed by atoms with E-state index in [-0.39, 0.29) is 6.10 Å². The van der Waals surface area contributed by atoms with Crippen LogP contribution in [0.25, 0.3) is 0 Å². The third kappa shape index (κ3) is 3.86. The Morgan fingerprint density at radius 2 is 1.83 bits per heavy atom. The highest BCUT2D eigenvalue weighted by Crippen LogP contribution is 2.28. The molecule has 1 aromatic rings. The first-order valence-electron chi connectivity index (χ1n) is 6.35. The minimum absolute atomic E-state index is 0.384. The number of hydrogen-bond acceptors (Lipinski definition) is 2. The molecule has 1 fully saturated rings. The summed E-state index contributed by atoms with van der Waals surface area (Å²) in [5.74, 6) is 0.551. The van der Waals surface area contributed by atoms with E-state index >= 15 is 0 Å². The standard InChI is InChI=1S/C14H18Cl2O2/c15-13-2-1-3-14(16)12(13)9-11(17)8-10-4-6-18-7-5-10/h1-3,10-11,17H,4-9H2. The van der Waals surface area contributed by atoms with Crippen molar-refractivity contribution in [3.8, 4) is 0 Å². The SMILES string of the molecule is OC(Cc1c(Cl)cccc1Cl)CC1CCOCC1. The molecule has 100 valence electrons. The Labute approximate surface area is 118 Å². The van der Waals surface area contributed by atoms with Gasteiger partial charge in [0.05, 0.1) is 6.10 Å². The first-order chi connectivity index (χ1) is 8.66. The second-order valence-corrected chi connectivity index (χ2v) is 5.66. The number of ether oxygens (including phenoxy) is 1. The van der Waals surface area contributed by atoms with Crippen LogP contribution in [-0.4, -0.2) is 24.4 Å². The Morgan fingerprint density at radius 1 is 1.22 bits per heavy atom. The highest BCUT2D eigenvalue weighted by molar-refractivity contribution is 6.35. The molecule has 0 radical (unpaired) electrons. The minimum Gasteiger partial charge on any atom is -0.393 e. The highest BCUT2D eigenvalue weighted by atomic mass is 35.5. The minimum atomic E-state index is -0.384.